The predicted octanol–water partition coefficient (Wildman–Crippen LogP) is 3.09. The van der Waals surface area contributed by atoms with Crippen LogP contribution >= 0.6 is 0 Å². The molecule has 168 valence electrons. The van der Waals surface area contributed by atoms with Crippen LogP contribution in [0.4, 0.5) is 0 Å². The highest BCUT2D eigenvalue weighted by Crippen LogP contribution is 2.66. The van der Waals surface area contributed by atoms with Crippen molar-refractivity contribution in [2.75, 3.05) is 6.54 Å². The van der Waals surface area contributed by atoms with Crippen LogP contribution in [0.2, 0.25) is 0 Å². The summed E-state index contributed by atoms with van der Waals surface area (Å²) in [5.41, 5.74) is 1.12. The number of rotatable bonds is 7. The van der Waals surface area contributed by atoms with Crippen LogP contribution < -0.4 is 5.32 Å². The van der Waals surface area contributed by atoms with Crippen molar-refractivity contribution in [3.05, 3.63) is 35.9 Å². The van der Waals surface area contributed by atoms with E-state index in [0.29, 0.717) is 31.7 Å². The number of fused-ring (bicyclic) bond motifs is 2. The molecule has 2 saturated carbocycles. The summed E-state index contributed by atoms with van der Waals surface area (Å²) in [6, 6.07) is 8.34. The van der Waals surface area contributed by atoms with E-state index in [4.69, 9.17) is 4.74 Å². The molecule has 0 radical (unpaired) electrons. The maximum atomic E-state index is 13.3. The van der Waals surface area contributed by atoms with Crippen molar-refractivity contribution in [1.82, 2.24) is 10.2 Å². The number of esters is 1. The van der Waals surface area contributed by atoms with Crippen LogP contribution in [0.3, 0.4) is 0 Å². The van der Waals surface area contributed by atoms with Gasteiger partial charge in [0.2, 0.25) is 12.3 Å². The van der Waals surface area contributed by atoms with Crippen molar-refractivity contribution in [3.8, 4) is 0 Å². The lowest BCUT2D eigenvalue weighted by Crippen LogP contribution is -2.52. The third-order valence-electron chi connectivity index (χ3n) is 8.63. The first kappa shape index (κ1) is 21.8. The van der Waals surface area contributed by atoms with Crippen LogP contribution in [0.1, 0.15) is 58.4 Å². The Balaban J connectivity index is 1.44. The molecule has 2 aliphatic carbocycles. The summed E-state index contributed by atoms with van der Waals surface area (Å²) >= 11 is 0. The second-order valence-electron chi connectivity index (χ2n) is 10.3. The van der Waals surface area contributed by atoms with E-state index in [1.807, 2.05) is 30.3 Å². The number of hydrogen-bond acceptors (Lipinski definition) is 4. The van der Waals surface area contributed by atoms with Crippen LogP contribution in [0, 0.1) is 16.7 Å². The molecule has 0 spiro atoms. The number of carbonyl (C=O) groups excluding carboxylic acids is 3. The zero-order valence-electron chi connectivity index (χ0n) is 18.8. The number of nitrogens with one attached hydrogen (secondary N) is 1. The van der Waals surface area contributed by atoms with E-state index in [-0.39, 0.29) is 28.8 Å². The Labute approximate surface area is 184 Å². The molecule has 3 aliphatic rings. The highest BCUT2D eigenvalue weighted by molar-refractivity contribution is 5.89. The van der Waals surface area contributed by atoms with Gasteiger partial charge in [-0.2, -0.15) is 0 Å². The summed E-state index contributed by atoms with van der Waals surface area (Å²) in [5, 5.41) is 2.66. The number of benzene rings is 1. The van der Waals surface area contributed by atoms with Gasteiger partial charge in [0.15, 0.2) is 0 Å². The number of carbonyl (C=O) groups is 3. The number of amides is 2. The number of ether oxygens (including phenoxy) is 1. The third-order valence-corrected chi connectivity index (χ3v) is 8.63. The van der Waals surface area contributed by atoms with Crippen LogP contribution in [0.15, 0.2) is 30.3 Å². The first-order chi connectivity index (χ1) is 14.8. The van der Waals surface area contributed by atoms with Crippen molar-refractivity contribution < 1.29 is 19.1 Å². The minimum atomic E-state index is -0.688. The van der Waals surface area contributed by atoms with E-state index in [0.717, 1.165) is 24.8 Å². The molecular weight excluding hydrogens is 392 g/mol. The summed E-state index contributed by atoms with van der Waals surface area (Å²) in [6.45, 7) is 7.35. The van der Waals surface area contributed by atoms with Gasteiger partial charge >= 0.3 is 5.97 Å². The Morgan fingerprint density at radius 3 is 2.58 bits per heavy atom. The van der Waals surface area contributed by atoms with Crippen molar-refractivity contribution in [1.29, 1.82) is 0 Å². The van der Waals surface area contributed by atoms with Gasteiger partial charge in [-0.3, -0.25) is 9.59 Å². The first-order valence-corrected chi connectivity index (χ1v) is 11.5. The summed E-state index contributed by atoms with van der Waals surface area (Å²) in [6.07, 6.45) is 5.45. The second kappa shape index (κ2) is 8.29. The maximum Gasteiger partial charge on any atom is 0.329 e. The van der Waals surface area contributed by atoms with Gasteiger partial charge in [-0.25, -0.2) is 4.79 Å². The quantitative estimate of drug-likeness (QED) is 0.537. The standard InChI is InChI=1S/C25H34N2O4/c1-24(2)18-11-12-25(24,3)21(15-18)31-23(30)20-10-7-13-27(20)22(29)19(26-16-28)14-17-8-5-4-6-9-17/h4-6,8-9,16,18-21H,7,10-15H2,1-3H3,(H,26,28). The zero-order chi connectivity index (χ0) is 22.2. The lowest BCUT2D eigenvalue weighted by atomic mass is 9.70. The molecule has 3 fully saturated rings. The average molecular weight is 427 g/mol. The highest BCUT2D eigenvalue weighted by atomic mass is 16.5. The lowest BCUT2D eigenvalue weighted by molar-refractivity contribution is -0.165. The van der Waals surface area contributed by atoms with Crippen molar-refractivity contribution in [2.45, 2.75) is 77.5 Å². The molecule has 5 unspecified atom stereocenters. The Morgan fingerprint density at radius 1 is 1.23 bits per heavy atom. The molecule has 5 atom stereocenters. The van der Waals surface area contributed by atoms with Gasteiger partial charge in [-0.05, 0) is 49.0 Å². The Hall–Kier alpha value is -2.37. The number of hydrogen-bond donors (Lipinski definition) is 1. The van der Waals surface area contributed by atoms with Gasteiger partial charge in [0, 0.05) is 18.4 Å². The fourth-order valence-electron chi connectivity index (χ4n) is 6.15. The molecule has 1 aromatic carbocycles. The van der Waals surface area contributed by atoms with Crippen LogP contribution in [-0.2, 0) is 25.5 Å². The average Bonchev–Trinajstić information content (AvgIpc) is 3.37. The Morgan fingerprint density at radius 2 is 1.97 bits per heavy atom. The van der Waals surface area contributed by atoms with Gasteiger partial charge in [0.25, 0.3) is 0 Å². The molecular formula is C25H34N2O4. The molecule has 0 aromatic heterocycles. The van der Waals surface area contributed by atoms with Crippen molar-refractivity contribution in [3.63, 3.8) is 0 Å². The predicted molar refractivity (Wildman–Crippen MR) is 117 cm³/mol. The number of nitrogens with zero attached hydrogens (tertiary/aromatic N) is 1. The fourth-order valence-corrected chi connectivity index (χ4v) is 6.15. The van der Waals surface area contributed by atoms with Gasteiger partial charge in [0.1, 0.15) is 18.2 Å². The van der Waals surface area contributed by atoms with E-state index in [1.165, 1.54) is 6.42 Å². The monoisotopic (exact) mass is 426 g/mol. The summed E-state index contributed by atoms with van der Waals surface area (Å²) in [5.74, 6) is 0.0866. The lowest BCUT2D eigenvalue weighted by Gasteiger charge is -2.39. The SMILES string of the molecule is CC1(C)C2CCC1(C)C(OC(=O)C1CCCN1C(=O)C(Cc1ccccc1)NC=O)C2. The van der Waals surface area contributed by atoms with E-state index < -0.39 is 12.1 Å². The molecule has 1 aliphatic heterocycles. The third kappa shape index (κ3) is 3.74. The van der Waals surface area contributed by atoms with Crippen LogP contribution in [0.25, 0.3) is 0 Å². The Bertz CT molecular complexity index is 839. The van der Waals surface area contributed by atoms with Crippen LogP contribution in [-0.4, -0.2) is 47.9 Å². The molecule has 2 amide bonds. The fraction of sp³-hybridized carbons (Fsp3) is 0.640. The van der Waals surface area contributed by atoms with Crippen molar-refractivity contribution in [2.24, 2.45) is 16.7 Å². The smallest absolute Gasteiger partial charge is 0.329 e. The molecule has 2 bridgehead atoms. The zero-order valence-corrected chi connectivity index (χ0v) is 18.8. The van der Waals surface area contributed by atoms with Gasteiger partial charge in [-0.1, -0.05) is 51.1 Å². The number of likely N-dealkylation sites (tertiary alicyclic amines) is 1. The largest absolute Gasteiger partial charge is 0.460 e. The highest BCUT2D eigenvalue weighted by Gasteiger charge is 2.63. The van der Waals surface area contributed by atoms with E-state index in [2.05, 4.69) is 26.1 Å². The topological polar surface area (TPSA) is 75.7 Å². The molecule has 31 heavy (non-hydrogen) atoms. The molecule has 1 aromatic rings. The second-order valence-corrected chi connectivity index (χ2v) is 10.3. The van der Waals surface area contributed by atoms with Gasteiger partial charge in [0.05, 0.1) is 0 Å². The normalized spacial score (nSPS) is 32.0. The van der Waals surface area contributed by atoms with Crippen molar-refractivity contribution >= 4 is 18.3 Å². The molecule has 1 heterocycles. The van der Waals surface area contributed by atoms with E-state index in [9.17, 15) is 14.4 Å². The molecule has 1 saturated heterocycles. The first-order valence-electron chi connectivity index (χ1n) is 11.5. The maximum absolute atomic E-state index is 13.3. The molecule has 1 N–H and O–H groups in total. The summed E-state index contributed by atoms with van der Waals surface area (Å²) in [7, 11) is 0. The Kier molecular flexibility index (Phi) is 5.84. The summed E-state index contributed by atoms with van der Waals surface area (Å²) < 4.78 is 6.08. The minimum absolute atomic E-state index is 0.00428. The van der Waals surface area contributed by atoms with Gasteiger partial charge < -0.3 is 15.0 Å². The summed E-state index contributed by atoms with van der Waals surface area (Å²) in [4.78, 5) is 39.2. The van der Waals surface area contributed by atoms with Crippen LogP contribution in [0.5, 0.6) is 0 Å². The minimum Gasteiger partial charge on any atom is -0.460 e. The molecule has 4 rings (SSSR count). The van der Waals surface area contributed by atoms with E-state index >= 15 is 0 Å². The molecule has 6 heteroatoms. The van der Waals surface area contributed by atoms with Gasteiger partial charge in [-0.15, -0.1) is 0 Å². The van der Waals surface area contributed by atoms with E-state index in [1.54, 1.807) is 4.90 Å². The molecule has 6 nitrogen and oxygen atoms in total.